The number of carbonyl (C=O) groups excluding carboxylic acids is 1. The van der Waals surface area contributed by atoms with Crippen molar-refractivity contribution in [2.24, 2.45) is 11.0 Å². The highest BCUT2D eigenvalue weighted by Gasteiger charge is 2.24. The van der Waals surface area contributed by atoms with Crippen LogP contribution in [0.3, 0.4) is 0 Å². The van der Waals surface area contributed by atoms with Crippen LogP contribution in [0.5, 0.6) is 5.75 Å². The van der Waals surface area contributed by atoms with Crippen molar-refractivity contribution in [1.82, 2.24) is 5.43 Å². The standard InChI is InChI=1S/C13H15IN2O2/c1-8(9-3-4-9)15-16-13(17)10-5-6-12(18-2)11(14)7-10/h5-7,9H,3-4H2,1-2H3,(H,16,17). The molecular formula is C13H15IN2O2. The summed E-state index contributed by atoms with van der Waals surface area (Å²) in [6.45, 7) is 1.95. The van der Waals surface area contributed by atoms with Gasteiger partial charge in [-0.2, -0.15) is 5.10 Å². The van der Waals surface area contributed by atoms with Crippen molar-refractivity contribution >= 4 is 34.2 Å². The molecular weight excluding hydrogens is 343 g/mol. The van der Waals surface area contributed by atoms with Crippen LogP contribution in [0.4, 0.5) is 0 Å². The van der Waals surface area contributed by atoms with Crippen LogP contribution in [-0.2, 0) is 0 Å². The predicted molar refractivity (Wildman–Crippen MR) is 79.0 cm³/mol. The van der Waals surface area contributed by atoms with E-state index < -0.39 is 0 Å². The van der Waals surface area contributed by atoms with Crippen molar-refractivity contribution in [2.45, 2.75) is 19.8 Å². The van der Waals surface area contributed by atoms with Crippen molar-refractivity contribution in [2.75, 3.05) is 7.11 Å². The summed E-state index contributed by atoms with van der Waals surface area (Å²) in [5.41, 5.74) is 4.19. The number of hydrazone groups is 1. The van der Waals surface area contributed by atoms with Crippen LogP contribution >= 0.6 is 22.6 Å². The molecule has 96 valence electrons. The normalized spacial score (nSPS) is 15.4. The van der Waals surface area contributed by atoms with Crippen molar-refractivity contribution in [1.29, 1.82) is 0 Å². The topological polar surface area (TPSA) is 50.7 Å². The molecule has 0 spiro atoms. The maximum atomic E-state index is 11.9. The third kappa shape index (κ3) is 3.22. The van der Waals surface area contributed by atoms with Gasteiger partial charge in [0.25, 0.3) is 5.91 Å². The summed E-state index contributed by atoms with van der Waals surface area (Å²) in [6.07, 6.45) is 2.37. The molecule has 1 aromatic rings. The SMILES string of the molecule is COc1ccc(C(=O)NN=C(C)C2CC2)cc1I. The molecule has 0 saturated heterocycles. The van der Waals surface area contributed by atoms with E-state index in [2.05, 4.69) is 33.1 Å². The molecule has 4 nitrogen and oxygen atoms in total. The lowest BCUT2D eigenvalue weighted by Crippen LogP contribution is -2.19. The Hall–Kier alpha value is -1.11. The summed E-state index contributed by atoms with van der Waals surface area (Å²) in [4.78, 5) is 11.9. The third-order valence-corrected chi connectivity index (χ3v) is 3.76. The number of nitrogens with one attached hydrogen (secondary N) is 1. The summed E-state index contributed by atoms with van der Waals surface area (Å²) < 4.78 is 6.06. The summed E-state index contributed by atoms with van der Waals surface area (Å²) in [5.74, 6) is 1.15. The number of ether oxygens (including phenoxy) is 1. The zero-order valence-corrected chi connectivity index (χ0v) is 12.5. The van der Waals surface area contributed by atoms with E-state index in [4.69, 9.17) is 4.74 Å². The van der Waals surface area contributed by atoms with Gasteiger partial charge in [0.2, 0.25) is 0 Å². The second-order valence-electron chi connectivity index (χ2n) is 4.32. The highest BCUT2D eigenvalue weighted by Crippen LogP contribution is 2.30. The highest BCUT2D eigenvalue weighted by atomic mass is 127. The average molecular weight is 358 g/mol. The Morgan fingerprint density at radius 3 is 2.78 bits per heavy atom. The number of rotatable bonds is 4. The van der Waals surface area contributed by atoms with E-state index in [-0.39, 0.29) is 5.91 Å². The minimum Gasteiger partial charge on any atom is -0.496 e. The van der Waals surface area contributed by atoms with Gasteiger partial charge in [0, 0.05) is 11.3 Å². The smallest absolute Gasteiger partial charge is 0.271 e. The van der Waals surface area contributed by atoms with E-state index in [1.165, 1.54) is 12.8 Å². The first kappa shape index (κ1) is 13.3. The fourth-order valence-corrected chi connectivity index (χ4v) is 2.34. The molecule has 1 N–H and O–H groups in total. The molecule has 1 fully saturated rings. The average Bonchev–Trinajstić information content (AvgIpc) is 3.19. The van der Waals surface area contributed by atoms with Crippen LogP contribution in [0, 0.1) is 9.49 Å². The van der Waals surface area contributed by atoms with Gasteiger partial charge >= 0.3 is 0 Å². The molecule has 18 heavy (non-hydrogen) atoms. The Balaban J connectivity index is 2.04. The summed E-state index contributed by atoms with van der Waals surface area (Å²) >= 11 is 2.14. The Morgan fingerprint density at radius 2 is 2.22 bits per heavy atom. The highest BCUT2D eigenvalue weighted by molar-refractivity contribution is 14.1. The minimum atomic E-state index is -0.185. The Labute approximate surface area is 120 Å². The number of amides is 1. The fourth-order valence-electron chi connectivity index (χ4n) is 1.60. The predicted octanol–water partition coefficient (Wildman–Crippen LogP) is 2.82. The Bertz CT molecular complexity index is 496. The van der Waals surface area contributed by atoms with Gasteiger partial charge in [0.1, 0.15) is 5.75 Å². The molecule has 1 aliphatic carbocycles. The van der Waals surface area contributed by atoms with Crippen LogP contribution < -0.4 is 10.2 Å². The Kier molecular flexibility index (Phi) is 4.21. The molecule has 0 aliphatic heterocycles. The van der Waals surface area contributed by atoms with Gasteiger partial charge < -0.3 is 4.74 Å². The molecule has 0 unspecified atom stereocenters. The van der Waals surface area contributed by atoms with Gasteiger partial charge in [-0.25, -0.2) is 5.43 Å². The number of benzene rings is 1. The van der Waals surface area contributed by atoms with Crippen LogP contribution in [0.1, 0.15) is 30.1 Å². The second kappa shape index (κ2) is 5.69. The van der Waals surface area contributed by atoms with E-state index in [0.29, 0.717) is 11.5 Å². The largest absolute Gasteiger partial charge is 0.496 e. The number of nitrogens with zero attached hydrogens (tertiary/aromatic N) is 1. The van der Waals surface area contributed by atoms with Crippen molar-refractivity contribution < 1.29 is 9.53 Å². The van der Waals surface area contributed by atoms with E-state index in [1.807, 2.05) is 6.92 Å². The first-order chi connectivity index (χ1) is 8.61. The number of methoxy groups -OCH3 is 1. The second-order valence-corrected chi connectivity index (χ2v) is 5.48. The van der Waals surface area contributed by atoms with E-state index in [0.717, 1.165) is 15.0 Å². The molecule has 1 aromatic carbocycles. The van der Waals surface area contributed by atoms with Gasteiger partial charge in [0.05, 0.1) is 10.7 Å². The number of carbonyl (C=O) groups is 1. The fraction of sp³-hybridized carbons (Fsp3) is 0.385. The van der Waals surface area contributed by atoms with Gasteiger partial charge in [-0.15, -0.1) is 0 Å². The third-order valence-electron chi connectivity index (χ3n) is 2.92. The lowest BCUT2D eigenvalue weighted by atomic mass is 10.2. The van der Waals surface area contributed by atoms with Gasteiger partial charge in [-0.3, -0.25) is 4.79 Å². The first-order valence-electron chi connectivity index (χ1n) is 5.80. The molecule has 1 amide bonds. The van der Waals surface area contributed by atoms with E-state index in [9.17, 15) is 4.79 Å². The molecule has 0 bridgehead atoms. The molecule has 1 saturated carbocycles. The van der Waals surface area contributed by atoms with E-state index >= 15 is 0 Å². The molecule has 0 radical (unpaired) electrons. The number of hydrogen-bond donors (Lipinski definition) is 1. The molecule has 5 heteroatoms. The quantitative estimate of drug-likeness (QED) is 0.511. The molecule has 0 aromatic heterocycles. The summed E-state index contributed by atoms with van der Waals surface area (Å²) in [7, 11) is 1.61. The molecule has 1 aliphatic rings. The van der Waals surface area contributed by atoms with E-state index in [1.54, 1.807) is 25.3 Å². The zero-order valence-electron chi connectivity index (χ0n) is 10.4. The zero-order chi connectivity index (χ0) is 13.1. The summed E-state index contributed by atoms with van der Waals surface area (Å²) in [6, 6.07) is 5.31. The summed E-state index contributed by atoms with van der Waals surface area (Å²) in [5, 5.41) is 4.12. The van der Waals surface area contributed by atoms with Crippen molar-refractivity contribution in [3.05, 3.63) is 27.3 Å². The molecule has 0 heterocycles. The monoisotopic (exact) mass is 358 g/mol. The maximum absolute atomic E-state index is 11.9. The lowest BCUT2D eigenvalue weighted by Gasteiger charge is -2.05. The van der Waals surface area contributed by atoms with Gasteiger partial charge in [-0.05, 0) is 66.5 Å². The van der Waals surface area contributed by atoms with Gasteiger partial charge in [-0.1, -0.05) is 0 Å². The Morgan fingerprint density at radius 1 is 1.50 bits per heavy atom. The van der Waals surface area contributed by atoms with Crippen LogP contribution in [0.15, 0.2) is 23.3 Å². The van der Waals surface area contributed by atoms with Crippen molar-refractivity contribution in [3.8, 4) is 5.75 Å². The lowest BCUT2D eigenvalue weighted by molar-refractivity contribution is 0.0954. The minimum absolute atomic E-state index is 0.185. The molecule has 0 atom stereocenters. The van der Waals surface area contributed by atoms with Crippen LogP contribution in [0.2, 0.25) is 0 Å². The van der Waals surface area contributed by atoms with Crippen molar-refractivity contribution in [3.63, 3.8) is 0 Å². The van der Waals surface area contributed by atoms with Crippen LogP contribution in [-0.4, -0.2) is 18.7 Å². The number of halogens is 1. The van der Waals surface area contributed by atoms with Crippen LogP contribution in [0.25, 0.3) is 0 Å². The first-order valence-corrected chi connectivity index (χ1v) is 6.87. The maximum Gasteiger partial charge on any atom is 0.271 e. The molecule has 2 rings (SSSR count). The van der Waals surface area contributed by atoms with Gasteiger partial charge in [0.15, 0.2) is 0 Å². The number of hydrogen-bond acceptors (Lipinski definition) is 3.